The quantitative estimate of drug-likeness (QED) is 0.411. The lowest BCUT2D eigenvalue weighted by atomic mass is 10.0. The van der Waals surface area contributed by atoms with Gasteiger partial charge in [-0.25, -0.2) is 12.7 Å². The van der Waals surface area contributed by atoms with Crippen LogP contribution in [0.3, 0.4) is 0 Å². The fourth-order valence-electron chi connectivity index (χ4n) is 2.02. The second-order valence-electron chi connectivity index (χ2n) is 5.13. The molecule has 0 unspecified atom stereocenters. The number of unbranched alkanes of at least 4 members (excludes halogenated alkanes) is 1. The van der Waals surface area contributed by atoms with E-state index in [1.165, 1.54) is 26.1 Å². The van der Waals surface area contributed by atoms with Crippen molar-refractivity contribution in [2.24, 2.45) is 0 Å². The van der Waals surface area contributed by atoms with Gasteiger partial charge in [0, 0.05) is 30.8 Å². The molecule has 0 aliphatic heterocycles. The molecule has 0 aromatic heterocycles. The van der Waals surface area contributed by atoms with E-state index in [0.29, 0.717) is 6.42 Å². The van der Waals surface area contributed by atoms with Gasteiger partial charge >= 0.3 is 0 Å². The molecule has 1 aromatic rings. The lowest BCUT2D eigenvalue weighted by molar-refractivity contribution is -0.387. The summed E-state index contributed by atoms with van der Waals surface area (Å²) in [5.41, 5.74) is -0.667. The number of sulfonamides is 1. The molecule has 0 fully saturated rings. The highest BCUT2D eigenvalue weighted by Gasteiger charge is 2.33. The number of Topliss-reactive ketones (excluding diaryl/α,β-unsaturated/α-hetero) is 1. The maximum atomic E-state index is 12.8. The number of rotatable bonds is 8. The molecule has 0 saturated heterocycles. The molecule has 1 aromatic carbocycles. The number of nitrogens with zero attached hydrogens (tertiary/aromatic N) is 2. The Morgan fingerprint density at radius 1 is 1.39 bits per heavy atom. The summed E-state index contributed by atoms with van der Waals surface area (Å²) in [5.74, 6) is -0.446. The molecule has 7 nitrogen and oxygen atoms in total. The van der Waals surface area contributed by atoms with Crippen molar-refractivity contribution in [3.8, 4) is 0 Å². The fourth-order valence-corrected chi connectivity index (χ4v) is 3.58. The van der Waals surface area contributed by atoms with Crippen LogP contribution in [0.15, 0.2) is 29.7 Å². The summed E-state index contributed by atoms with van der Waals surface area (Å²) in [6, 6.07) is 3.81. The molecule has 0 saturated carbocycles. The van der Waals surface area contributed by atoms with E-state index in [1.54, 1.807) is 0 Å². The zero-order valence-electron chi connectivity index (χ0n) is 13.4. The van der Waals surface area contributed by atoms with E-state index in [0.717, 1.165) is 16.8 Å². The number of hydrogen-bond donors (Lipinski definition) is 0. The lowest BCUT2D eigenvalue weighted by Gasteiger charge is -2.19. The Kier molecular flexibility index (Phi) is 6.17. The fraction of sp³-hybridized carbons (Fsp3) is 0.400. The van der Waals surface area contributed by atoms with Crippen LogP contribution in [-0.2, 0) is 14.8 Å². The zero-order valence-corrected chi connectivity index (χ0v) is 14.2. The number of hydrogen-bond acceptors (Lipinski definition) is 5. The lowest BCUT2D eigenvalue weighted by Crippen LogP contribution is -2.29. The number of ketones is 1. The number of benzene rings is 1. The third kappa shape index (κ3) is 4.02. The SMILES string of the molecule is C=C(C(C)=O)c1cccc([N+](=O)[O-])c1S(=O)(=O)N(C)CCCC. The number of nitro benzene ring substituents is 1. The van der Waals surface area contributed by atoms with Crippen LogP contribution in [0, 0.1) is 10.1 Å². The molecule has 126 valence electrons. The Morgan fingerprint density at radius 3 is 2.48 bits per heavy atom. The van der Waals surface area contributed by atoms with E-state index in [4.69, 9.17) is 0 Å². The highest BCUT2D eigenvalue weighted by molar-refractivity contribution is 7.89. The van der Waals surface area contributed by atoms with Crippen molar-refractivity contribution in [1.82, 2.24) is 4.31 Å². The van der Waals surface area contributed by atoms with Crippen LogP contribution in [0.2, 0.25) is 0 Å². The Bertz CT molecular complexity index is 740. The first kappa shape index (κ1) is 19.0. The van der Waals surface area contributed by atoms with Crippen molar-refractivity contribution in [2.45, 2.75) is 31.6 Å². The molecule has 0 bridgehead atoms. The topological polar surface area (TPSA) is 97.6 Å². The molecular weight excluding hydrogens is 320 g/mol. The number of carbonyl (C=O) groups excluding carboxylic acids is 1. The molecule has 0 aliphatic carbocycles. The average Bonchev–Trinajstić information content (AvgIpc) is 2.50. The van der Waals surface area contributed by atoms with Gasteiger partial charge in [0.1, 0.15) is 0 Å². The predicted octanol–water partition coefficient (Wildman–Crippen LogP) is 2.62. The van der Waals surface area contributed by atoms with Gasteiger partial charge in [-0.2, -0.15) is 0 Å². The summed E-state index contributed by atoms with van der Waals surface area (Å²) in [6.45, 7) is 6.94. The molecule has 0 N–H and O–H groups in total. The van der Waals surface area contributed by atoms with Gasteiger partial charge in [-0.1, -0.05) is 32.1 Å². The smallest absolute Gasteiger partial charge is 0.290 e. The normalized spacial score (nSPS) is 11.5. The van der Waals surface area contributed by atoms with Gasteiger partial charge in [0.25, 0.3) is 5.69 Å². The number of carbonyl (C=O) groups is 1. The highest BCUT2D eigenvalue weighted by atomic mass is 32.2. The van der Waals surface area contributed by atoms with E-state index in [1.807, 2.05) is 6.92 Å². The van der Waals surface area contributed by atoms with Crippen molar-refractivity contribution >= 4 is 27.1 Å². The largest absolute Gasteiger partial charge is 0.295 e. The molecule has 0 atom stereocenters. The standard InChI is InChI=1S/C15H20N2O5S/c1-5-6-10-16(4)23(21,22)15-13(11(2)12(3)18)8-7-9-14(15)17(19)20/h7-9H,2,5-6,10H2,1,3-4H3. The first-order valence-electron chi connectivity index (χ1n) is 7.08. The second-order valence-corrected chi connectivity index (χ2v) is 7.11. The van der Waals surface area contributed by atoms with E-state index < -0.39 is 31.3 Å². The molecule has 0 spiro atoms. The summed E-state index contributed by atoms with van der Waals surface area (Å²) >= 11 is 0. The zero-order chi connectivity index (χ0) is 17.8. The van der Waals surface area contributed by atoms with Crippen LogP contribution < -0.4 is 0 Å². The van der Waals surface area contributed by atoms with E-state index in [-0.39, 0.29) is 17.7 Å². The maximum absolute atomic E-state index is 12.8. The molecule has 0 aliphatic rings. The first-order chi connectivity index (χ1) is 10.6. The van der Waals surface area contributed by atoms with Crippen LogP contribution in [0.4, 0.5) is 5.69 Å². The van der Waals surface area contributed by atoms with Crippen LogP contribution in [0.1, 0.15) is 32.3 Å². The minimum absolute atomic E-state index is 0.0324. The Morgan fingerprint density at radius 2 is 2.00 bits per heavy atom. The molecule has 0 heterocycles. The Hall–Kier alpha value is -2.06. The Balaban J connectivity index is 3.62. The molecule has 0 amide bonds. The van der Waals surface area contributed by atoms with Crippen molar-refractivity contribution in [2.75, 3.05) is 13.6 Å². The average molecular weight is 340 g/mol. The minimum atomic E-state index is -4.12. The van der Waals surface area contributed by atoms with Gasteiger partial charge in [0.15, 0.2) is 10.7 Å². The predicted molar refractivity (Wildman–Crippen MR) is 87.5 cm³/mol. The van der Waals surface area contributed by atoms with Crippen molar-refractivity contribution in [3.05, 3.63) is 40.5 Å². The van der Waals surface area contributed by atoms with Crippen LogP contribution in [0.5, 0.6) is 0 Å². The van der Waals surface area contributed by atoms with Crippen LogP contribution >= 0.6 is 0 Å². The third-order valence-corrected chi connectivity index (χ3v) is 5.38. The van der Waals surface area contributed by atoms with Gasteiger partial charge in [-0.3, -0.25) is 14.9 Å². The summed E-state index contributed by atoms with van der Waals surface area (Å²) in [5, 5.41) is 11.3. The van der Waals surface area contributed by atoms with Gasteiger partial charge in [-0.15, -0.1) is 0 Å². The second kappa shape index (κ2) is 7.47. The van der Waals surface area contributed by atoms with Gasteiger partial charge < -0.3 is 0 Å². The number of nitro groups is 1. The summed E-state index contributed by atoms with van der Waals surface area (Å²) in [6.07, 6.45) is 1.41. The van der Waals surface area contributed by atoms with E-state index in [9.17, 15) is 23.3 Å². The molecule has 0 radical (unpaired) electrons. The van der Waals surface area contributed by atoms with E-state index >= 15 is 0 Å². The van der Waals surface area contributed by atoms with Crippen LogP contribution in [-0.4, -0.2) is 37.0 Å². The third-order valence-electron chi connectivity index (χ3n) is 3.44. The molecule has 8 heteroatoms. The van der Waals surface area contributed by atoms with Gasteiger partial charge in [0.05, 0.1) is 4.92 Å². The summed E-state index contributed by atoms with van der Waals surface area (Å²) < 4.78 is 26.6. The van der Waals surface area contributed by atoms with Crippen molar-refractivity contribution < 1.29 is 18.1 Å². The first-order valence-corrected chi connectivity index (χ1v) is 8.52. The van der Waals surface area contributed by atoms with Gasteiger partial charge in [-0.05, 0) is 13.3 Å². The maximum Gasteiger partial charge on any atom is 0.290 e. The number of allylic oxidation sites excluding steroid dienone is 1. The summed E-state index contributed by atoms with van der Waals surface area (Å²) in [7, 11) is -2.75. The van der Waals surface area contributed by atoms with E-state index in [2.05, 4.69) is 6.58 Å². The van der Waals surface area contributed by atoms with Crippen molar-refractivity contribution in [1.29, 1.82) is 0 Å². The molecule has 23 heavy (non-hydrogen) atoms. The van der Waals surface area contributed by atoms with Crippen molar-refractivity contribution in [3.63, 3.8) is 0 Å². The van der Waals surface area contributed by atoms with Gasteiger partial charge in [0.2, 0.25) is 10.0 Å². The monoisotopic (exact) mass is 340 g/mol. The molecule has 1 rings (SSSR count). The molecular formula is C15H20N2O5S. The Labute approximate surface area is 135 Å². The van der Waals surface area contributed by atoms with Crippen LogP contribution in [0.25, 0.3) is 5.57 Å². The summed E-state index contributed by atoms with van der Waals surface area (Å²) in [4.78, 5) is 21.6. The minimum Gasteiger partial charge on any atom is -0.295 e. The highest BCUT2D eigenvalue weighted by Crippen LogP contribution is 2.33.